The summed E-state index contributed by atoms with van der Waals surface area (Å²) in [6, 6.07) is 9.91. The highest BCUT2D eigenvalue weighted by Crippen LogP contribution is 2.15. The summed E-state index contributed by atoms with van der Waals surface area (Å²) in [6.07, 6.45) is 4.20. The maximum absolute atomic E-state index is 11.8. The number of nitrogens with one attached hydrogen (secondary N) is 1. The predicted octanol–water partition coefficient (Wildman–Crippen LogP) is 1.29. The number of likely N-dealkylation sites (tertiary alicyclic amines) is 1. The van der Waals surface area contributed by atoms with E-state index in [9.17, 15) is 9.59 Å². The lowest BCUT2D eigenvalue weighted by Gasteiger charge is -2.09. The van der Waals surface area contributed by atoms with Gasteiger partial charge in [-0.05, 0) is 5.56 Å². The van der Waals surface area contributed by atoms with Crippen LogP contribution in [-0.4, -0.2) is 36.9 Å². The Morgan fingerprint density at radius 3 is 2.79 bits per heavy atom. The first-order chi connectivity index (χ1) is 9.16. The number of hydrogen-bond donors (Lipinski definition) is 1. The minimum atomic E-state index is -0.206. The minimum Gasteiger partial charge on any atom is -0.352 e. The lowest BCUT2D eigenvalue weighted by molar-refractivity contribution is -0.128. The zero-order chi connectivity index (χ0) is 13.7. The van der Waals surface area contributed by atoms with E-state index in [1.165, 1.54) is 0 Å². The van der Waals surface area contributed by atoms with Gasteiger partial charge in [0.15, 0.2) is 0 Å². The standard InChI is InChI=1S/C15H18N2O2/c1-17-11-13(10-14(17)18)15(19)16-9-5-8-12-6-3-2-4-7-12/h2-8,13H,9-11H2,1H3,(H,16,19)/t13-/m0/s1. The predicted molar refractivity (Wildman–Crippen MR) is 74.2 cm³/mol. The largest absolute Gasteiger partial charge is 0.352 e. The molecule has 1 aliphatic heterocycles. The van der Waals surface area contributed by atoms with E-state index in [-0.39, 0.29) is 17.7 Å². The molecule has 1 aromatic carbocycles. The van der Waals surface area contributed by atoms with E-state index in [1.54, 1.807) is 11.9 Å². The average Bonchev–Trinajstić information content (AvgIpc) is 2.76. The van der Waals surface area contributed by atoms with Gasteiger partial charge in [-0.3, -0.25) is 9.59 Å². The monoisotopic (exact) mass is 258 g/mol. The molecule has 1 heterocycles. The molecule has 0 spiro atoms. The molecule has 100 valence electrons. The van der Waals surface area contributed by atoms with Crippen molar-refractivity contribution in [3.63, 3.8) is 0 Å². The summed E-state index contributed by atoms with van der Waals surface area (Å²) in [6.45, 7) is 1.01. The van der Waals surface area contributed by atoms with E-state index < -0.39 is 0 Å². The molecule has 0 saturated carbocycles. The molecular weight excluding hydrogens is 240 g/mol. The normalized spacial score (nSPS) is 19.1. The Balaban J connectivity index is 1.76. The van der Waals surface area contributed by atoms with Crippen LogP contribution < -0.4 is 5.32 Å². The molecule has 0 radical (unpaired) electrons. The molecule has 0 aromatic heterocycles. The third-order valence-corrected chi connectivity index (χ3v) is 3.22. The van der Waals surface area contributed by atoms with Crippen molar-refractivity contribution in [2.24, 2.45) is 5.92 Å². The fourth-order valence-electron chi connectivity index (χ4n) is 2.10. The van der Waals surface area contributed by atoms with Crippen LogP contribution in [0.3, 0.4) is 0 Å². The topological polar surface area (TPSA) is 49.4 Å². The van der Waals surface area contributed by atoms with Crippen molar-refractivity contribution in [2.45, 2.75) is 6.42 Å². The van der Waals surface area contributed by atoms with E-state index >= 15 is 0 Å². The fraction of sp³-hybridized carbons (Fsp3) is 0.333. The molecule has 1 N–H and O–H groups in total. The summed E-state index contributed by atoms with van der Waals surface area (Å²) in [7, 11) is 1.73. The number of benzene rings is 1. The van der Waals surface area contributed by atoms with Gasteiger partial charge in [0.2, 0.25) is 11.8 Å². The Labute approximate surface area is 113 Å². The smallest absolute Gasteiger partial charge is 0.225 e. The van der Waals surface area contributed by atoms with Crippen molar-refractivity contribution < 1.29 is 9.59 Å². The van der Waals surface area contributed by atoms with Crippen LogP contribution in [0.25, 0.3) is 6.08 Å². The van der Waals surface area contributed by atoms with Gasteiger partial charge in [0.05, 0.1) is 5.92 Å². The van der Waals surface area contributed by atoms with Crippen molar-refractivity contribution in [1.29, 1.82) is 0 Å². The summed E-state index contributed by atoms with van der Waals surface area (Å²) >= 11 is 0. The number of rotatable bonds is 4. The van der Waals surface area contributed by atoms with Gasteiger partial charge in [0, 0.05) is 26.6 Å². The number of amides is 2. The molecule has 1 saturated heterocycles. The van der Waals surface area contributed by atoms with Gasteiger partial charge in [0.1, 0.15) is 0 Å². The second-order valence-electron chi connectivity index (χ2n) is 4.73. The molecule has 0 bridgehead atoms. The fourth-order valence-corrected chi connectivity index (χ4v) is 2.10. The van der Waals surface area contributed by atoms with Crippen LogP contribution in [0.1, 0.15) is 12.0 Å². The molecule has 0 aliphatic carbocycles. The Bertz CT molecular complexity index is 482. The summed E-state index contributed by atoms with van der Waals surface area (Å²) < 4.78 is 0. The van der Waals surface area contributed by atoms with Crippen LogP contribution >= 0.6 is 0 Å². The van der Waals surface area contributed by atoms with Crippen LogP contribution in [0, 0.1) is 5.92 Å². The van der Waals surface area contributed by atoms with Gasteiger partial charge in [-0.25, -0.2) is 0 Å². The van der Waals surface area contributed by atoms with E-state index in [0.29, 0.717) is 19.5 Å². The van der Waals surface area contributed by atoms with Crippen molar-refractivity contribution in [1.82, 2.24) is 10.2 Å². The first-order valence-electron chi connectivity index (χ1n) is 6.40. The first kappa shape index (κ1) is 13.3. The van der Waals surface area contributed by atoms with Crippen molar-refractivity contribution in [2.75, 3.05) is 20.1 Å². The Morgan fingerprint density at radius 2 is 2.16 bits per heavy atom. The van der Waals surface area contributed by atoms with E-state index in [0.717, 1.165) is 5.56 Å². The van der Waals surface area contributed by atoms with Crippen molar-refractivity contribution >= 4 is 17.9 Å². The van der Waals surface area contributed by atoms with E-state index in [4.69, 9.17) is 0 Å². The molecule has 2 amide bonds. The SMILES string of the molecule is CN1C[C@@H](C(=O)NCC=Cc2ccccc2)CC1=O. The number of hydrogen-bond acceptors (Lipinski definition) is 2. The summed E-state index contributed by atoms with van der Waals surface area (Å²) in [5.41, 5.74) is 1.10. The van der Waals surface area contributed by atoms with Crippen LogP contribution in [0.5, 0.6) is 0 Å². The molecular formula is C15H18N2O2. The Hall–Kier alpha value is -2.10. The van der Waals surface area contributed by atoms with Crippen LogP contribution in [0.2, 0.25) is 0 Å². The lowest BCUT2D eigenvalue weighted by atomic mass is 10.1. The molecule has 1 fully saturated rings. The summed E-state index contributed by atoms with van der Waals surface area (Å²) in [5, 5.41) is 2.83. The third-order valence-electron chi connectivity index (χ3n) is 3.22. The Kier molecular flexibility index (Phi) is 4.34. The number of carbonyl (C=O) groups is 2. The van der Waals surface area contributed by atoms with Crippen molar-refractivity contribution in [3.8, 4) is 0 Å². The lowest BCUT2D eigenvalue weighted by Crippen LogP contribution is -2.32. The molecule has 1 aliphatic rings. The first-order valence-corrected chi connectivity index (χ1v) is 6.40. The van der Waals surface area contributed by atoms with Gasteiger partial charge in [0.25, 0.3) is 0 Å². The van der Waals surface area contributed by atoms with Gasteiger partial charge in [-0.1, -0.05) is 42.5 Å². The van der Waals surface area contributed by atoms with Crippen LogP contribution in [0.4, 0.5) is 0 Å². The quantitative estimate of drug-likeness (QED) is 0.885. The second-order valence-corrected chi connectivity index (χ2v) is 4.73. The third kappa shape index (κ3) is 3.68. The molecule has 4 heteroatoms. The molecule has 1 atom stereocenters. The van der Waals surface area contributed by atoms with E-state index in [2.05, 4.69) is 5.32 Å². The molecule has 2 rings (SSSR count). The van der Waals surface area contributed by atoms with Crippen LogP contribution in [0.15, 0.2) is 36.4 Å². The minimum absolute atomic E-state index is 0.0416. The van der Waals surface area contributed by atoms with Gasteiger partial charge >= 0.3 is 0 Å². The van der Waals surface area contributed by atoms with Gasteiger partial charge in [-0.2, -0.15) is 0 Å². The summed E-state index contributed by atoms with van der Waals surface area (Å²) in [4.78, 5) is 24.8. The highest BCUT2D eigenvalue weighted by atomic mass is 16.2. The van der Waals surface area contributed by atoms with Gasteiger partial charge in [-0.15, -0.1) is 0 Å². The maximum atomic E-state index is 11.8. The zero-order valence-electron chi connectivity index (χ0n) is 11.0. The van der Waals surface area contributed by atoms with E-state index in [1.807, 2.05) is 42.5 Å². The number of nitrogens with zero attached hydrogens (tertiary/aromatic N) is 1. The van der Waals surface area contributed by atoms with Gasteiger partial charge < -0.3 is 10.2 Å². The molecule has 1 aromatic rings. The molecule has 19 heavy (non-hydrogen) atoms. The summed E-state index contributed by atoms with van der Waals surface area (Å²) in [5.74, 6) is -0.210. The highest BCUT2D eigenvalue weighted by molar-refractivity contribution is 5.89. The Morgan fingerprint density at radius 1 is 1.42 bits per heavy atom. The van der Waals surface area contributed by atoms with Crippen LogP contribution in [-0.2, 0) is 9.59 Å². The highest BCUT2D eigenvalue weighted by Gasteiger charge is 2.31. The zero-order valence-corrected chi connectivity index (χ0v) is 11.0. The molecule has 4 nitrogen and oxygen atoms in total. The molecule has 0 unspecified atom stereocenters. The second kappa shape index (κ2) is 6.18. The average molecular weight is 258 g/mol. The number of carbonyl (C=O) groups excluding carboxylic acids is 2. The maximum Gasteiger partial charge on any atom is 0.225 e. The van der Waals surface area contributed by atoms with Crippen molar-refractivity contribution in [3.05, 3.63) is 42.0 Å².